The Balaban J connectivity index is 2.40. The molecule has 8 heteroatoms. The molecule has 1 aliphatic heterocycles. The van der Waals surface area contributed by atoms with E-state index < -0.39 is 17.9 Å². The van der Waals surface area contributed by atoms with Crippen molar-refractivity contribution in [1.29, 1.82) is 0 Å². The van der Waals surface area contributed by atoms with Crippen molar-refractivity contribution in [3.63, 3.8) is 0 Å². The maximum Gasteiger partial charge on any atom is 0.326 e. The fourth-order valence-electron chi connectivity index (χ4n) is 1.45. The summed E-state index contributed by atoms with van der Waals surface area (Å²) < 4.78 is 4.77. The molecule has 2 amide bonds. The fraction of sp³-hybridized carbons (Fsp3) is 0.700. The van der Waals surface area contributed by atoms with Crippen molar-refractivity contribution in [2.75, 3.05) is 31.9 Å². The Morgan fingerprint density at radius 3 is 2.83 bits per heavy atom. The molecule has 1 heterocycles. The summed E-state index contributed by atoms with van der Waals surface area (Å²) in [4.78, 5) is 35.2. The minimum absolute atomic E-state index is 0.0946. The van der Waals surface area contributed by atoms with E-state index in [4.69, 9.17) is 9.84 Å². The second-order valence-corrected chi connectivity index (χ2v) is 4.76. The van der Waals surface area contributed by atoms with Crippen LogP contribution in [0.3, 0.4) is 0 Å². The molecule has 7 nitrogen and oxygen atoms in total. The first kappa shape index (κ1) is 14.8. The van der Waals surface area contributed by atoms with Gasteiger partial charge in [0.25, 0.3) is 0 Å². The molecule has 102 valence electrons. The Labute approximate surface area is 109 Å². The van der Waals surface area contributed by atoms with Gasteiger partial charge in [-0.3, -0.25) is 9.59 Å². The molecule has 0 spiro atoms. The number of nitrogens with one attached hydrogen (secondary N) is 1. The lowest BCUT2D eigenvalue weighted by atomic mass is 10.2. The molecule has 0 radical (unpaired) electrons. The van der Waals surface area contributed by atoms with Crippen LogP contribution >= 0.6 is 11.8 Å². The van der Waals surface area contributed by atoms with Gasteiger partial charge >= 0.3 is 5.97 Å². The Bertz CT molecular complexity index is 336. The van der Waals surface area contributed by atoms with E-state index in [-0.39, 0.29) is 25.5 Å². The maximum absolute atomic E-state index is 11.6. The summed E-state index contributed by atoms with van der Waals surface area (Å²) in [6.07, 6.45) is 0.195. The van der Waals surface area contributed by atoms with Gasteiger partial charge in [0.1, 0.15) is 12.6 Å². The van der Waals surface area contributed by atoms with Crippen LogP contribution < -0.4 is 5.32 Å². The van der Waals surface area contributed by atoms with Crippen molar-refractivity contribution in [1.82, 2.24) is 10.2 Å². The number of nitrogens with zero attached hydrogens (tertiary/aromatic N) is 1. The van der Waals surface area contributed by atoms with Crippen LogP contribution in [0.2, 0.25) is 0 Å². The zero-order valence-corrected chi connectivity index (χ0v) is 10.9. The standard InChI is InChI=1S/C10H16N2O5S/c1-17-3-2-7(10(15)16)11-8(13)4-12-6-18-5-9(12)14/h7H,2-6H2,1H3,(H,11,13)(H,15,16). The van der Waals surface area contributed by atoms with Crippen LogP contribution in [0.25, 0.3) is 0 Å². The molecule has 0 saturated carbocycles. The van der Waals surface area contributed by atoms with Crippen LogP contribution in [0.5, 0.6) is 0 Å². The van der Waals surface area contributed by atoms with E-state index in [2.05, 4.69) is 5.32 Å². The van der Waals surface area contributed by atoms with E-state index in [0.29, 0.717) is 11.6 Å². The van der Waals surface area contributed by atoms with E-state index >= 15 is 0 Å². The number of thioether (sulfide) groups is 1. The van der Waals surface area contributed by atoms with Gasteiger partial charge in [-0.1, -0.05) is 0 Å². The highest BCUT2D eigenvalue weighted by Gasteiger charge is 2.25. The van der Waals surface area contributed by atoms with Crippen LogP contribution in [0, 0.1) is 0 Å². The van der Waals surface area contributed by atoms with E-state index in [0.717, 1.165) is 0 Å². The molecule has 18 heavy (non-hydrogen) atoms. The topological polar surface area (TPSA) is 95.9 Å². The molecule has 1 saturated heterocycles. The number of carbonyl (C=O) groups excluding carboxylic acids is 2. The van der Waals surface area contributed by atoms with E-state index in [1.807, 2.05) is 0 Å². The molecule has 1 atom stereocenters. The smallest absolute Gasteiger partial charge is 0.326 e. The maximum atomic E-state index is 11.6. The van der Waals surface area contributed by atoms with Gasteiger partial charge in [0.15, 0.2) is 0 Å². The molecule has 0 aromatic heterocycles. The summed E-state index contributed by atoms with van der Waals surface area (Å²) in [5.41, 5.74) is 0. The molecule has 2 N–H and O–H groups in total. The first-order chi connectivity index (χ1) is 8.54. The number of carboxylic acids is 1. The molecular formula is C10H16N2O5S. The van der Waals surface area contributed by atoms with E-state index in [1.165, 1.54) is 23.8 Å². The monoisotopic (exact) mass is 276 g/mol. The number of hydrogen-bond donors (Lipinski definition) is 2. The lowest BCUT2D eigenvalue weighted by Gasteiger charge is -2.17. The summed E-state index contributed by atoms with van der Waals surface area (Å²) in [7, 11) is 1.46. The lowest BCUT2D eigenvalue weighted by molar-refractivity contribution is -0.142. The van der Waals surface area contributed by atoms with Gasteiger partial charge < -0.3 is 20.1 Å². The Morgan fingerprint density at radius 1 is 1.61 bits per heavy atom. The van der Waals surface area contributed by atoms with E-state index in [1.54, 1.807) is 0 Å². The van der Waals surface area contributed by atoms with Crippen LogP contribution in [-0.2, 0) is 19.1 Å². The van der Waals surface area contributed by atoms with Gasteiger partial charge in [-0.25, -0.2) is 4.79 Å². The van der Waals surface area contributed by atoms with Crippen LogP contribution in [-0.4, -0.2) is 65.7 Å². The highest BCUT2D eigenvalue weighted by atomic mass is 32.2. The average molecular weight is 276 g/mol. The zero-order valence-electron chi connectivity index (χ0n) is 10.0. The SMILES string of the molecule is COCCC(NC(=O)CN1CSCC1=O)C(=O)O. The molecule has 1 fully saturated rings. The first-order valence-electron chi connectivity index (χ1n) is 5.41. The minimum atomic E-state index is -1.11. The molecule has 1 aliphatic rings. The number of aliphatic carboxylic acids is 1. The second-order valence-electron chi connectivity index (χ2n) is 3.81. The quantitative estimate of drug-likeness (QED) is 0.627. The lowest BCUT2D eigenvalue weighted by Crippen LogP contribution is -2.46. The molecule has 0 aliphatic carbocycles. The van der Waals surface area contributed by atoms with Crippen molar-refractivity contribution >= 4 is 29.5 Å². The number of hydrogen-bond acceptors (Lipinski definition) is 5. The van der Waals surface area contributed by atoms with Crippen LogP contribution in [0.4, 0.5) is 0 Å². The van der Waals surface area contributed by atoms with Gasteiger partial charge in [0.2, 0.25) is 11.8 Å². The molecular weight excluding hydrogens is 260 g/mol. The zero-order chi connectivity index (χ0) is 13.5. The third-order valence-electron chi connectivity index (χ3n) is 2.40. The Morgan fingerprint density at radius 2 is 2.33 bits per heavy atom. The molecule has 0 aromatic carbocycles. The normalized spacial score (nSPS) is 16.7. The van der Waals surface area contributed by atoms with Crippen molar-refractivity contribution < 1.29 is 24.2 Å². The number of carbonyl (C=O) groups is 3. The van der Waals surface area contributed by atoms with Crippen molar-refractivity contribution in [2.24, 2.45) is 0 Å². The number of rotatable bonds is 7. The average Bonchev–Trinajstić information content (AvgIpc) is 2.70. The number of methoxy groups -OCH3 is 1. The third-order valence-corrected chi connectivity index (χ3v) is 3.35. The Hall–Kier alpha value is -1.28. The summed E-state index contributed by atoms with van der Waals surface area (Å²) in [6, 6.07) is -0.984. The first-order valence-corrected chi connectivity index (χ1v) is 6.56. The predicted octanol–water partition coefficient (Wildman–Crippen LogP) is -0.875. The van der Waals surface area contributed by atoms with Crippen molar-refractivity contribution in [2.45, 2.75) is 12.5 Å². The van der Waals surface area contributed by atoms with Gasteiger partial charge in [0.05, 0.1) is 11.6 Å². The number of carboxylic acid groups (broad SMARTS) is 1. The van der Waals surface area contributed by atoms with Gasteiger partial charge in [-0.2, -0.15) is 0 Å². The summed E-state index contributed by atoms with van der Waals surface area (Å²) in [5.74, 6) is -0.822. The minimum Gasteiger partial charge on any atom is -0.480 e. The highest BCUT2D eigenvalue weighted by molar-refractivity contribution is 8.00. The van der Waals surface area contributed by atoms with Crippen LogP contribution in [0.15, 0.2) is 0 Å². The molecule has 0 aromatic rings. The third kappa shape index (κ3) is 4.53. The molecule has 0 bridgehead atoms. The largest absolute Gasteiger partial charge is 0.480 e. The van der Waals surface area contributed by atoms with Crippen LogP contribution in [0.1, 0.15) is 6.42 Å². The second kappa shape index (κ2) is 7.22. The van der Waals surface area contributed by atoms with Crippen molar-refractivity contribution in [3.05, 3.63) is 0 Å². The number of amides is 2. The highest BCUT2D eigenvalue weighted by Crippen LogP contribution is 2.13. The fourth-order valence-corrected chi connectivity index (χ4v) is 2.35. The van der Waals surface area contributed by atoms with Gasteiger partial charge in [-0.05, 0) is 0 Å². The van der Waals surface area contributed by atoms with Gasteiger partial charge in [0, 0.05) is 20.1 Å². The summed E-state index contributed by atoms with van der Waals surface area (Å²) in [5, 5.41) is 11.3. The molecule has 1 rings (SSSR count). The van der Waals surface area contributed by atoms with E-state index in [9.17, 15) is 14.4 Å². The van der Waals surface area contributed by atoms with Gasteiger partial charge in [-0.15, -0.1) is 11.8 Å². The predicted molar refractivity (Wildman–Crippen MR) is 65.1 cm³/mol. The Kier molecular flexibility index (Phi) is 5.93. The summed E-state index contributed by atoms with van der Waals surface area (Å²) in [6.45, 7) is 0.151. The molecule has 1 unspecified atom stereocenters. The van der Waals surface area contributed by atoms with Crippen molar-refractivity contribution in [3.8, 4) is 0 Å². The summed E-state index contributed by atoms with van der Waals surface area (Å²) >= 11 is 1.43. The number of ether oxygens (including phenoxy) is 1.